The summed E-state index contributed by atoms with van der Waals surface area (Å²) in [5.41, 5.74) is 3.17. The number of ether oxygens (including phenoxy) is 1. The molecule has 0 radical (unpaired) electrons. The normalized spacial score (nSPS) is 15.0. The van der Waals surface area contributed by atoms with Crippen LogP contribution in [0.15, 0.2) is 59.5 Å². The molecule has 2 aromatic carbocycles. The minimum atomic E-state index is -3.96. The minimum Gasteiger partial charge on any atom is -0.497 e. The van der Waals surface area contributed by atoms with Crippen LogP contribution in [0.4, 0.5) is 4.39 Å². The van der Waals surface area contributed by atoms with Gasteiger partial charge in [0.2, 0.25) is 10.0 Å². The van der Waals surface area contributed by atoms with E-state index in [1.54, 1.807) is 12.0 Å². The molecule has 1 aliphatic heterocycles. The highest BCUT2D eigenvalue weighted by molar-refractivity contribution is 7.89. The van der Waals surface area contributed by atoms with E-state index >= 15 is 0 Å². The number of methoxy groups -OCH3 is 1. The van der Waals surface area contributed by atoms with E-state index in [1.165, 1.54) is 22.5 Å². The molecule has 0 aliphatic carbocycles. The number of piperazine rings is 1. The molecule has 33 heavy (non-hydrogen) atoms. The lowest BCUT2D eigenvalue weighted by molar-refractivity contribution is 0.0697. The van der Waals surface area contributed by atoms with Crippen LogP contribution in [0, 0.1) is 19.7 Å². The third-order valence-corrected chi connectivity index (χ3v) is 7.89. The van der Waals surface area contributed by atoms with E-state index in [2.05, 4.69) is 0 Å². The zero-order valence-corrected chi connectivity index (χ0v) is 19.6. The van der Waals surface area contributed by atoms with Gasteiger partial charge in [0.25, 0.3) is 5.91 Å². The Hall–Kier alpha value is -3.17. The largest absolute Gasteiger partial charge is 0.497 e. The molecule has 1 aromatic heterocycles. The van der Waals surface area contributed by atoms with E-state index in [9.17, 15) is 17.6 Å². The molecule has 174 valence electrons. The summed E-state index contributed by atoms with van der Waals surface area (Å²) in [6, 6.07) is 14.8. The Bertz CT molecular complexity index is 1290. The molecule has 0 bridgehead atoms. The zero-order chi connectivity index (χ0) is 23.8. The second-order valence-corrected chi connectivity index (χ2v) is 9.85. The molecule has 7 nitrogen and oxygen atoms in total. The average molecular weight is 472 g/mol. The molecule has 1 amide bonds. The summed E-state index contributed by atoms with van der Waals surface area (Å²) >= 11 is 0. The fraction of sp³-hybridized carbons (Fsp3) is 0.292. The van der Waals surface area contributed by atoms with Crippen LogP contribution in [0.5, 0.6) is 5.75 Å². The van der Waals surface area contributed by atoms with Gasteiger partial charge in [-0.2, -0.15) is 4.31 Å². The highest BCUT2D eigenvalue weighted by atomic mass is 32.2. The van der Waals surface area contributed by atoms with Crippen LogP contribution in [0.1, 0.15) is 21.7 Å². The van der Waals surface area contributed by atoms with E-state index < -0.39 is 15.8 Å². The smallest absolute Gasteiger partial charge is 0.255 e. The Morgan fingerprint density at radius 1 is 0.970 bits per heavy atom. The number of hydrogen-bond donors (Lipinski definition) is 0. The van der Waals surface area contributed by atoms with Crippen molar-refractivity contribution in [3.63, 3.8) is 0 Å². The quantitative estimate of drug-likeness (QED) is 0.572. The Morgan fingerprint density at radius 2 is 1.67 bits per heavy atom. The molecule has 4 rings (SSSR count). The molecular weight excluding hydrogens is 445 g/mol. The summed E-state index contributed by atoms with van der Waals surface area (Å²) in [5, 5.41) is 0. The first-order chi connectivity index (χ1) is 15.7. The lowest BCUT2D eigenvalue weighted by Gasteiger charge is -2.34. The number of aromatic nitrogens is 1. The number of halogens is 1. The molecule has 2 heterocycles. The lowest BCUT2D eigenvalue weighted by atomic mass is 10.2. The van der Waals surface area contributed by atoms with Crippen molar-refractivity contribution in [1.82, 2.24) is 13.8 Å². The Labute approximate surface area is 193 Å². The average Bonchev–Trinajstić information content (AvgIpc) is 3.12. The maximum Gasteiger partial charge on any atom is 0.255 e. The van der Waals surface area contributed by atoms with Crippen molar-refractivity contribution in [2.24, 2.45) is 0 Å². The van der Waals surface area contributed by atoms with E-state index in [0.717, 1.165) is 28.9 Å². The maximum atomic E-state index is 14.1. The van der Waals surface area contributed by atoms with Gasteiger partial charge in [-0.3, -0.25) is 4.79 Å². The number of rotatable bonds is 5. The Balaban J connectivity index is 1.52. The number of sulfonamides is 1. The van der Waals surface area contributed by atoms with Crippen molar-refractivity contribution in [1.29, 1.82) is 0 Å². The summed E-state index contributed by atoms with van der Waals surface area (Å²) in [5.74, 6) is -0.207. The standard InChI is InChI=1S/C24H26FN3O4S/c1-17-15-21(18(2)28(17)19-7-6-8-20(16-19)32-3)24(29)26-11-13-27(14-12-26)33(30,31)23-10-5-4-9-22(23)25/h4-10,15-16H,11-14H2,1-3H3. The predicted octanol–water partition coefficient (Wildman–Crippen LogP) is 3.39. The van der Waals surface area contributed by atoms with Crippen LogP contribution in [-0.2, 0) is 10.0 Å². The summed E-state index contributed by atoms with van der Waals surface area (Å²) in [6.07, 6.45) is 0. The monoisotopic (exact) mass is 471 g/mol. The molecule has 3 aromatic rings. The van der Waals surface area contributed by atoms with Crippen molar-refractivity contribution >= 4 is 15.9 Å². The number of carbonyl (C=O) groups excluding carboxylic acids is 1. The van der Waals surface area contributed by atoms with Gasteiger partial charge in [-0.1, -0.05) is 18.2 Å². The number of benzene rings is 2. The van der Waals surface area contributed by atoms with Gasteiger partial charge in [-0.15, -0.1) is 0 Å². The fourth-order valence-corrected chi connectivity index (χ4v) is 5.71. The van der Waals surface area contributed by atoms with Gasteiger partial charge < -0.3 is 14.2 Å². The number of hydrogen-bond acceptors (Lipinski definition) is 4. The minimum absolute atomic E-state index is 0.108. The van der Waals surface area contributed by atoms with Gasteiger partial charge in [-0.25, -0.2) is 12.8 Å². The molecule has 0 unspecified atom stereocenters. The third-order valence-electron chi connectivity index (χ3n) is 5.95. The van der Waals surface area contributed by atoms with Crippen molar-refractivity contribution in [2.75, 3.05) is 33.3 Å². The summed E-state index contributed by atoms with van der Waals surface area (Å²) in [7, 11) is -2.35. The van der Waals surface area contributed by atoms with Gasteiger partial charge in [-0.05, 0) is 44.2 Å². The van der Waals surface area contributed by atoms with Gasteiger partial charge in [0.05, 0.1) is 12.7 Å². The second kappa shape index (κ2) is 8.99. The number of amides is 1. The van der Waals surface area contributed by atoms with E-state index in [0.29, 0.717) is 5.56 Å². The molecule has 0 saturated carbocycles. The Morgan fingerprint density at radius 3 is 2.33 bits per heavy atom. The molecule has 0 atom stereocenters. The topological polar surface area (TPSA) is 71.8 Å². The van der Waals surface area contributed by atoms with E-state index in [-0.39, 0.29) is 37.0 Å². The van der Waals surface area contributed by atoms with Crippen LogP contribution in [0.3, 0.4) is 0 Å². The van der Waals surface area contributed by atoms with Crippen LogP contribution < -0.4 is 4.74 Å². The number of carbonyl (C=O) groups is 1. The first-order valence-electron chi connectivity index (χ1n) is 10.6. The SMILES string of the molecule is COc1cccc(-n2c(C)cc(C(=O)N3CCN(S(=O)(=O)c4ccccc4F)CC3)c2C)c1. The molecule has 9 heteroatoms. The van der Waals surface area contributed by atoms with Crippen molar-refractivity contribution in [3.05, 3.63) is 77.4 Å². The van der Waals surface area contributed by atoms with Crippen LogP contribution in [0.25, 0.3) is 5.69 Å². The molecule has 1 aliphatic rings. The van der Waals surface area contributed by atoms with Crippen LogP contribution in [-0.4, -0.2) is 61.4 Å². The van der Waals surface area contributed by atoms with Gasteiger partial charge in [0.15, 0.2) is 0 Å². The molecule has 1 fully saturated rings. The predicted molar refractivity (Wildman–Crippen MR) is 123 cm³/mol. The maximum absolute atomic E-state index is 14.1. The first-order valence-corrected chi connectivity index (χ1v) is 12.1. The van der Waals surface area contributed by atoms with E-state index in [1.807, 2.05) is 48.7 Å². The van der Waals surface area contributed by atoms with Crippen molar-refractivity contribution < 1.29 is 22.3 Å². The highest BCUT2D eigenvalue weighted by Crippen LogP contribution is 2.26. The number of nitrogens with zero attached hydrogens (tertiary/aromatic N) is 3. The highest BCUT2D eigenvalue weighted by Gasteiger charge is 2.32. The zero-order valence-electron chi connectivity index (χ0n) is 18.8. The molecular formula is C24H26FN3O4S. The summed E-state index contributed by atoms with van der Waals surface area (Å²) in [4.78, 5) is 14.6. The lowest BCUT2D eigenvalue weighted by Crippen LogP contribution is -2.50. The van der Waals surface area contributed by atoms with Crippen LogP contribution in [0.2, 0.25) is 0 Å². The second-order valence-electron chi connectivity index (χ2n) is 7.95. The van der Waals surface area contributed by atoms with Crippen molar-refractivity contribution in [2.45, 2.75) is 18.7 Å². The van der Waals surface area contributed by atoms with Gasteiger partial charge in [0, 0.05) is 49.3 Å². The Kier molecular flexibility index (Phi) is 6.27. The fourth-order valence-electron chi connectivity index (χ4n) is 4.22. The van der Waals surface area contributed by atoms with E-state index in [4.69, 9.17) is 4.74 Å². The first kappa shape index (κ1) is 23.0. The van der Waals surface area contributed by atoms with Gasteiger partial charge in [0.1, 0.15) is 16.5 Å². The van der Waals surface area contributed by atoms with Gasteiger partial charge >= 0.3 is 0 Å². The molecule has 0 N–H and O–H groups in total. The van der Waals surface area contributed by atoms with Crippen molar-refractivity contribution in [3.8, 4) is 11.4 Å². The summed E-state index contributed by atoms with van der Waals surface area (Å²) < 4.78 is 48.3. The summed E-state index contributed by atoms with van der Waals surface area (Å²) in [6.45, 7) is 4.50. The van der Waals surface area contributed by atoms with Crippen LogP contribution >= 0.6 is 0 Å². The third kappa shape index (κ3) is 4.26. The number of aryl methyl sites for hydroxylation is 1. The molecule has 1 saturated heterocycles. The molecule has 0 spiro atoms.